The molecule has 1 aromatic heterocycles. The molecule has 0 fully saturated rings. The summed E-state index contributed by atoms with van der Waals surface area (Å²) >= 11 is 5.84. The van der Waals surface area contributed by atoms with Crippen LogP contribution in [0, 0.1) is 0 Å². The van der Waals surface area contributed by atoms with Gasteiger partial charge in [0, 0.05) is 12.4 Å². The molecule has 2 N–H and O–H groups in total. The third-order valence-corrected chi connectivity index (χ3v) is 2.79. The van der Waals surface area contributed by atoms with Gasteiger partial charge in [0.25, 0.3) is 5.91 Å². The monoisotopic (exact) mass is 270 g/mol. The van der Waals surface area contributed by atoms with Crippen molar-refractivity contribution in [1.29, 1.82) is 0 Å². The lowest BCUT2D eigenvalue weighted by atomic mass is 10.1. The Hall–Kier alpha value is -1.62. The van der Waals surface area contributed by atoms with Gasteiger partial charge in [0.1, 0.15) is 6.04 Å². The van der Waals surface area contributed by atoms with Gasteiger partial charge in [-0.15, -0.1) is 0 Å². The van der Waals surface area contributed by atoms with Crippen LogP contribution in [0.3, 0.4) is 0 Å². The number of hydrogen-bond acceptors (Lipinski definition) is 3. The number of aliphatic carboxylic acids is 1. The molecule has 1 atom stereocenters. The van der Waals surface area contributed by atoms with Crippen molar-refractivity contribution in [3.63, 3.8) is 0 Å². The van der Waals surface area contributed by atoms with E-state index in [1.807, 2.05) is 6.92 Å². The number of carbonyl (C=O) groups excluding carboxylic acids is 1. The van der Waals surface area contributed by atoms with Crippen molar-refractivity contribution in [2.45, 2.75) is 32.2 Å². The van der Waals surface area contributed by atoms with E-state index in [-0.39, 0.29) is 10.6 Å². The minimum absolute atomic E-state index is 0.182. The zero-order valence-electron chi connectivity index (χ0n) is 10.0. The van der Waals surface area contributed by atoms with Crippen LogP contribution in [0.4, 0.5) is 0 Å². The molecule has 0 aromatic carbocycles. The summed E-state index contributed by atoms with van der Waals surface area (Å²) in [6.45, 7) is 1.96. The maximum atomic E-state index is 11.8. The first-order valence-electron chi connectivity index (χ1n) is 5.69. The van der Waals surface area contributed by atoms with E-state index in [0.29, 0.717) is 6.42 Å². The fourth-order valence-electron chi connectivity index (χ4n) is 1.45. The number of unbranched alkanes of at least 4 members (excludes halogenated alkanes) is 1. The molecule has 0 spiro atoms. The van der Waals surface area contributed by atoms with Gasteiger partial charge in [-0.25, -0.2) is 4.79 Å². The summed E-state index contributed by atoms with van der Waals surface area (Å²) in [7, 11) is 0. The summed E-state index contributed by atoms with van der Waals surface area (Å²) in [5.74, 6) is -1.56. The molecule has 0 unspecified atom stereocenters. The lowest BCUT2D eigenvalue weighted by molar-refractivity contribution is -0.139. The van der Waals surface area contributed by atoms with Crippen LogP contribution in [0.2, 0.25) is 5.02 Å². The molecule has 0 saturated carbocycles. The van der Waals surface area contributed by atoms with Gasteiger partial charge in [0.05, 0.1) is 10.6 Å². The number of aromatic nitrogens is 1. The van der Waals surface area contributed by atoms with Crippen LogP contribution < -0.4 is 5.32 Å². The summed E-state index contributed by atoms with van der Waals surface area (Å²) < 4.78 is 0. The standard InChI is InChI=1S/C12H15ClN2O3/c1-2-3-4-10(12(17)18)15-11(16)8-7-14-6-5-9(8)13/h5-7,10H,2-4H2,1H3,(H,15,16)(H,17,18)/t10-/m0/s1. The first kappa shape index (κ1) is 14.4. The number of carboxylic acids is 1. The average Bonchev–Trinajstić information content (AvgIpc) is 2.34. The fraction of sp³-hybridized carbons (Fsp3) is 0.417. The Labute approximate surface area is 110 Å². The van der Waals surface area contributed by atoms with Crippen LogP contribution >= 0.6 is 11.6 Å². The number of nitrogens with one attached hydrogen (secondary N) is 1. The van der Waals surface area contributed by atoms with Crippen LogP contribution in [-0.4, -0.2) is 28.0 Å². The molecule has 5 nitrogen and oxygen atoms in total. The van der Waals surface area contributed by atoms with Crippen molar-refractivity contribution in [3.8, 4) is 0 Å². The Balaban J connectivity index is 2.72. The third-order valence-electron chi connectivity index (χ3n) is 2.46. The Morgan fingerprint density at radius 1 is 1.56 bits per heavy atom. The van der Waals surface area contributed by atoms with Gasteiger partial charge in [-0.1, -0.05) is 31.4 Å². The Morgan fingerprint density at radius 2 is 2.28 bits per heavy atom. The zero-order valence-corrected chi connectivity index (χ0v) is 10.8. The highest BCUT2D eigenvalue weighted by atomic mass is 35.5. The highest BCUT2D eigenvalue weighted by Crippen LogP contribution is 2.13. The van der Waals surface area contributed by atoms with E-state index in [2.05, 4.69) is 10.3 Å². The van der Waals surface area contributed by atoms with Gasteiger partial charge in [0.2, 0.25) is 0 Å². The molecule has 1 amide bonds. The van der Waals surface area contributed by atoms with Gasteiger partial charge in [0.15, 0.2) is 0 Å². The number of halogens is 1. The van der Waals surface area contributed by atoms with Gasteiger partial charge in [-0.2, -0.15) is 0 Å². The van der Waals surface area contributed by atoms with E-state index in [0.717, 1.165) is 12.8 Å². The molecule has 0 saturated heterocycles. The molecule has 0 radical (unpaired) electrons. The van der Waals surface area contributed by atoms with E-state index in [4.69, 9.17) is 16.7 Å². The smallest absolute Gasteiger partial charge is 0.326 e. The van der Waals surface area contributed by atoms with Crippen LogP contribution in [-0.2, 0) is 4.79 Å². The Morgan fingerprint density at radius 3 is 2.83 bits per heavy atom. The van der Waals surface area contributed by atoms with Crippen molar-refractivity contribution in [2.75, 3.05) is 0 Å². The van der Waals surface area contributed by atoms with Crippen LogP contribution in [0.5, 0.6) is 0 Å². The van der Waals surface area contributed by atoms with Crippen LogP contribution in [0.15, 0.2) is 18.5 Å². The van der Waals surface area contributed by atoms with Crippen molar-refractivity contribution in [2.24, 2.45) is 0 Å². The minimum Gasteiger partial charge on any atom is -0.480 e. The van der Waals surface area contributed by atoms with Crippen LogP contribution in [0.1, 0.15) is 36.5 Å². The molecule has 1 heterocycles. The largest absolute Gasteiger partial charge is 0.480 e. The number of hydrogen-bond donors (Lipinski definition) is 2. The summed E-state index contributed by atoms with van der Waals surface area (Å²) in [4.78, 5) is 26.6. The normalized spacial score (nSPS) is 11.9. The highest BCUT2D eigenvalue weighted by Gasteiger charge is 2.21. The number of carboxylic acid groups (broad SMARTS) is 1. The van der Waals surface area contributed by atoms with Gasteiger partial charge < -0.3 is 10.4 Å². The van der Waals surface area contributed by atoms with E-state index in [1.165, 1.54) is 18.5 Å². The number of carbonyl (C=O) groups is 2. The van der Waals surface area contributed by atoms with E-state index >= 15 is 0 Å². The summed E-state index contributed by atoms with van der Waals surface area (Å²) in [6.07, 6.45) is 4.78. The second-order valence-corrected chi connectivity index (χ2v) is 4.27. The van der Waals surface area contributed by atoms with Crippen molar-refractivity contribution >= 4 is 23.5 Å². The molecule has 0 aliphatic rings. The molecule has 6 heteroatoms. The molecule has 0 bridgehead atoms. The number of amides is 1. The Bertz CT molecular complexity index is 437. The number of nitrogens with zero attached hydrogens (tertiary/aromatic N) is 1. The summed E-state index contributed by atoms with van der Waals surface area (Å²) in [6, 6.07) is 0.590. The molecule has 1 aromatic rings. The topological polar surface area (TPSA) is 79.3 Å². The van der Waals surface area contributed by atoms with Crippen molar-refractivity contribution < 1.29 is 14.7 Å². The van der Waals surface area contributed by atoms with Crippen molar-refractivity contribution in [3.05, 3.63) is 29.0 Å². The van der Waals surface area contributed by atoms with E-state index < -0.39 is 17.9 Å². The third kappa shape index (κ3) is 4.00. The highest BCUT2D eigenvalue weighted by molar-refractivity contribution is 6.33. The first-order valence-corrected chi connectivity index (χ1v) is 6.07. The molecular formula is C12H15ClN2O3. The summed E-state index contributed by atoms with van der Waals surface area (Å²) in [5, 5.41) is 11.7. The van der Waals surface area contributed by atoms with Gasteiger partial charge in [-0.3, -0.25) is 9.78 Å². The molecule has 0 aliphatic carbocycles. The quantitative estimate of drug-likeness (QED) is 0.830. The second kappa shape index (κ2) is 6.96. The lowest BCUT2D eigenvalue weighted by Crippen LogP contribution is -2.40. The number of pyridine rings is 1. The maximum Gasteiger partial charge on any atom is 0.326 e. The fourth-order valence-corrected chi connectivity index (χ4v) is 1.64. The van der Waals surface area contributed by atoms with Gasteiger partial charge >= 0.3 is 5.97 Å². The maximum absolute atomic E-state index is 11.8. The lowest BCUT2D eigenvalue weighted by Gasteiger charge is -2.14. The molecule has 18 heavy (non-hydrogen) atoms. The molecular weight excluding hydrogens is 256 g/mol. The Kier molecular flexibility index (Phi) is 5.58. The zero-order chi connectivity index (χ0) is 13.5. The van der Waals surface area contributed by atoms with E-state index in [1.54, 1.807) is 0 Å². The predicted molar refractivity (Wildman–Crippen MR) is 67.7 cm³/mol. The second-order valence-electron chi connectivity index (χ2n) is 3.86. The summed E-state index contributed by atoms with van der Waals surface area (Å²) in [5.41, 5.74) is 0.182. The van der Waals surface area contributed by atoms with E-state index in [9.17, 15) is 9.59 Å². The van der Waals surface area contributed by atoms with Crippen molar-refractivity contribution in [1.82, 2.24) is 10.3 Å². The average molecular weight is 271 g/mol. The number of rotatable bonds is 6. The molecule has 1 rings (SSSR count). The minimum atomic E-state index is -1.04. The molecule has 98 valence electrons. The first-order chi connectivity index (χ1) is 8.56. The molecule has 0 aliphatic heterocycles. The van der Waals surface area contributed by atoms with Crippen LogP contribution in [0.25, 0.3) is 0 Å². The predicted octanol–water partition coefficient (Wildman–Crippen LogP) is 2.11. The SMILES string of the molecule is CCCC[C@H](NC(=O)c1cnccc1Cl)C(=O)O. The van der Waals surface area contributed by atoms with Gasteiger partial charge in [-0.05, 0) is 12.5 Å².